The molecule has 0 unspecified atom stereocenters. The van der Waals surface area contributed by atoms with Gasteiger partial charge in [-0.25, -0.2) is 0 Å². The summed E-state index contributed by atoms with van der Waals surface area (Å²) in [5.74, 6) is 1.97. The van der Waals surface area contributed by atoms with Crippen LogP contribution in [0.3, 0.4) is 0 Å². The molecular weight excluding hydrogens is 408 g/mol. The lowest BCUT2D eigenvalue weighted by molar-refractivity contribution is 0.264. The van der Waals surface area contributed by atoms with E-state index in [1.54, 1.807) is 0 Å². The summed E-state index contributed by atoms with van der Waals surface area (Å²) in [6.45, 7) is 4.92. The molecule has 4 nitrogen and oxygen atoms in total. The van der Waals surface area contributed by atoms with E-state index < -0.39 is 0 Å². The second-order valence-electron chi connectivity index (χ2n) is 8.64. The van der Waals surface area contributed by atoms with Crippen LogP contribution in [0.15, 0.2) is 72.8 Å². The van der Waals surface area contributed by atoms with Gasteiger partial charge in [0.15, 0.2) is 0 Å². The first-order chi connectivity index (χ1) is 16.4. The van der Waals surface area contributed by atoms with Gasteiger partial charge in [0, 0.05) is 24.2 Å². The number of benzene rings is 4. The molecule has 0 amide bonds. The topological polar surface area (TPSA) is 42.5 Å². The third-order valence-electron chi connectivity index (χ3n) is 6.36. The van der Waals surface area contributed by atoms with E-state index in [1.807, 2.05) is 0 Å². The number of hydrogen-bond acceptors (Lipinski definition) is 4. The smallest absolute Gasteiger partial charge is 0.124 e. The fourth-order valence-electron chi connectivity index (χ4n) is 4.60. The van der Waals surface area contributed by atoms with Crippen molar-refractivity contribution >= 4 is 21.5 Å². The molecule has 4 aromatic rings. The Hall–Kier alpha value is -3.08. The summed E-state index contributed by atoms with van der Waals surface area (Å²) < 4.78 is 12.5. The van der Waals surface area contributed by atoms with Crippen LogP contribution in [-0.2, 0) is 13.1 Å². The van der Waals surface area contributed by atoms with E-state index in [9.17, 15) is 0 Å². The predicted molar refractivity (Wildman–Crippen MR) is 136 cm³/mol. The molecular formula is C29H32N2O2. The van der Waals surface area contributed by atoms with Crippen LogP contribution < -0.4 is 20.1 Å². The summed E-state index contributed by atoms with van der Waals surface area (Å²) >= 11 is 0. The maximum absolute atomic E-state index is 6.24. The zero-order valence-corrected chi connectivity index (χ0v) is 19.1. The zero-order chi connectivity index (χ0) is 22.3. The van der Waals surface area contributed by atoms with E-state index in [2.05, 4.69) is 83.4 Å². The summed E-state index contributed by atoms with van der Waals surface area (Å²) in [6.07, 6.45) is 2.98. The summed E-state index contributed by atoms with van der Waals surface area (Å²) in [5.41, 5.74) is 2.50. The Labute approximate surface area is 195 Å². The van der Waals surface area contributed by atoms with Crippen molar-refractivity contribution in [1.29, 1.82) is 0 Å². The van der Waals surface area contributed by atoms with E-state index in [4.69, 9.17) is 9.47 Å². The molecule has 4 heteroatoms. The van der Waals surface area contributed by atoms with Crippen molar-refractivity contribution < 1.29 is 9.47 Å². The summed E-state index contributed by atoms with van der Waals surface area (Å²) in [5, 5.41) is 12.3. The van der Waals surface area contributed by atoms with Gasteiger partial charge < -0.3 is 20.1 Å². The van der Waals surface area contributed by atoms with Crippen molar-refractivity contribution in [2.24, 2.45) is 0 Å². The monoisotopic (exact) mass is 440 g/mol. The first-order valence-electron chi connectivity index (χ1n) is 12.1. The lowest BCUT2D eigenvalue weighted by Gasteiger charge is -2.15. The fourth-order valence-corrected chi connectivity index (χ4v) is 4.60. The van der Waals surface area contributed by atoms with Crippen LogP contribution in [0.5, 0.6) is 11.5 Å². The highest BCUT2D eigenvalue weighted by Crippen LogP contribution is 2.30. The van der Waals surface area contributed by atoms with Gasteiger partial charge in [-0.15, -0.1) is 0 Å². The van der Waals surface area contributed by atoms with Gasteiger partial charge in [0.25, 0.3) is 0 Å². The van der Waals surface area contributed by atoms with Crippen LogP contribution in [0.4, 0.5) is 0 Å². The average Bonchev–Trinajstić information content (AvgIpc) is 2.86. The molecule has 0 saturated carbocycles. The van der Waals surface area contributed by atoms with Crippen LogP contribution in [0, 0.1) is 0 Å². The molecule has 1 aliphatic heterocycles. The summed E-state index contributed by atoms with van der Waals surface area (Å²) in [6, 6.07) is 25.7. The van der Waals surface area contributed by atoms with Crippen molar-refractivity contribution in [3.8, 4) is 11.5 Å². The van der Waals surface area contributed by atoms with Gasteiger partial charge in [-0.2, -0.15) is 0 Å². The lowest BCUT2D eigenvalue weighted by Crippen LogP contribution is -2.22. The second kappa shape index (κ2) is 10.7. The number of ether oxygens (including phenoxy) is 2. The third-order valence-corrected chi connectivity index (χ3v) is 6.36. The van der Waals surface area contributed by atoms with Gasteiger partial charge >= 0.3 is 0 Å². The Balaban J connectivity index is 1.33. The average molecular weight is 441 g/mol. The molecule has 0 saturated heterocycles. The Bertz CT molecular complexity index is 1130. The lowest BCUT2D eigenvalue weighted by atomic mass is 10.0. The van der Waals surface area contributed by atoms with Crippen molar-refractivity contribution in [1.82, 2.24) is 10.6 Å². The minimum absolute atomic E-state index is 0.695. The van der Waals surface area contributed by atoms with Crippen LogP contribution >= 0.6 is 0 Å². The molecule has 170 valence electrons. The van der Waals surface area contributed by atoms with Crippen molar-refractivity contribution in [2.45, 2.75) is 32.4 Å². The van der Waals surface area contributed by atoms with E-state index in [1.165, 1.54) is 32.7 Å². The molecule has 0 fully saturated rings. The highest BCUT2D eigenvalue weighted by Gasteiger charge is 2.11. The number of hydrogen-bond donors (Lipinski definition) is 2. The van der Waals surface area contributed by atoms with Crippen LogP contribution in [0.1, 0.15) is 30.4 Å². The Morgan fingerprint density at radius 3 is 1.52 bits per heavy atom. The van der Waals surface area contributed by atoms with Gasteiger partial charge in [-0.05, 0) is 66.0 Å². The van der Waals surface area contributed by atoms with Crippen molar-refractivity contribution in [3.63, 3.8) is 0 Å². The summed E-state index contributed by atoms with van der Waals surface area (Å²) in [7, 11) is 0. The molecule has 33 heavy (non-hydrogen) atoms. The number of nitrogens with one attached hydrogen (secondary N) is 2. The molecule has 2 N–H and O–H groups in total. The van der Waals surface area contributed by atoms with E-state index in [0.29, 0.717) is 13.2 Å². The highest BCUT2D eigenvalue weighted by atomic mass is 16.5. The van der Waals surface area contributed by atoms with Gasteiger partial charge in [0.2, 0.25) is 0 Å². The molecule has 0 aliphatic carbocycles. The van der Waals surface area contributed by atoms with Gasteiger partial charge in [0.05, 0.1) is 13.2 Å². The molecule has 0 aromatic heterocycles. The number of rotatable bonds is 0. The molecule has 0 bridgehead atoms. The molecule has 0 atom stereocenters. The van der Waals surface area contributed by atoms with Gasteiger partial charge in [0.1, 0.15) is 11.5 Å². The minimum atomic E-state index is 0.695. The standard InChI is InChI=1S/C29H32N2O2/c1-3-10-24-22(8-1)12-14-28-26(24)20-30-16-7-17-31-21-27-25-11-4-2-9-23(25)13-15-29(27)33-19-6-5-18-32-28/h1-4,8-15,30-31H,5-7,16-21H2. The van der Waals surface area contributed by atoms with Crippen LogP contribution in [0.25, 0.3) is 21.5 Å². The van der Waals surface area contributed by atoms with Crippen LogP contribution in [-0.4, -0.2) is 26.3 Å². The zero-order valence-electron chi connectivity index (χ0n) is 19.1. The normalized spacial score (nSPS) is 16.2. The third kappa shape index (κ3) is 5.13. The number of fused-ring (bicyclic) bond motifs is 6. The molecule has 1 aliphatic rings. The van der Waals surface area contributed by atoms with Gasteiger partial charge in [-0.3, -0.25) is 0 Å². The first-order valence-corrected chi connectivity index (χ1v) is 12.1. The maximum Gasteiger partial charge on any atom is 0.124 e. The molecule has 4 aromatic carbocycles. The van der Waals surface area contributed by atoms with Crippen molar-refractivity contribution in [2.75, 3.05) is 26.3 Å². The minimum Gasteiger partial charge on any atom is -0.493 e. The van der Waals surface area contributed by atoms with Crippen LogP contribution in [0.2, 0.25) is 0 Å². The highest BCUT2D eigenvalue weighted by molar-refractivity contribution is 5.88. The molecule has 0 spiro atoms. The maximum atomic E-state index is 6.24. The molecule has 0 radical (unpaired) electrons. The van der Waals surface area contributed by atoms with Gasteiger partial charge in [-0.1, -0.05) is 60.7 Å². The van der Waals surface area contributed by atoms with E-state index in [-0.39, 0.29) is 0 Å². The predicted octanol–water partition coefficient (Wildman–Crippen LogP) is 5.81. The SMILES string of the molecule is c1ccc2c3c(ccc2c1)OCCCCOc1ccc2ccccc2c1CNCCCNC3. The Kier molecular flexibility index (Phi) is 7.05. The van der Waals surface area contributed by atoms with Crippen molar-refractivity contribution in [3.05, 3.63) is 83.9 Å². The van der Waals surface area contributed by atoms with E-state index in [0.717, 1.165) is 56.9 Å². The second-order valence-corrected chi connectivity index (χ2v) is 8.64. The fraction of sp³-hybridized carbons (Fsp3) is 0.310. The Morgan fingerprint density at radius 1 is 0.515 bits per heavy atom. The largest absolute Gasteiger partial charge is 0.493 e. The molecule has 5 rings (SSSR count). The Morgan fingerprint density at radius 2 is 1.00 bits per heavy atom. The molecule has 1 heterocycles. The van der Waals surface area contributed by atoms with E-state index >= 15 is 0 Å². The first kappa shape index (κ1) is 21.7. The summed E-state index contributed by atoms with van der Waals surface area (Å²) in [4.78, 5) is 0. The quantitative estimate of drug-likeness (QED) is 0.362.